The van der Waals surface area contributed by atoms with Crippen LogP contribution in [0.2, 0.25) is 0 Å². The van der Waals surface area contributed by atoms with Crippen LogP contribution in [-0.4, -0.2) is 62.3 Å². The summed E-state index contributed by atoms with van der Waals surface area (Å²) in [7, 11) is -3.63. The summed E-state index contributed by atoms with van der Waals surface area (Å²) in [5, 5.41) is 0. The number of hydrogen-bond donors (Lipinski definition) is 0. The van der Waals surface area contributed by atoms with Gasteiger partial charge < -0.3 is 9.64 Å². The van der Waals surface area contributed by atoms with Gasteiger partial charge in [0.1, 0.15) is 0 Å². The lowest BCUT2D eigenvalue weighted by atomic mass is 9.97. The highest BCUT2D eigenvalue weighted by Gasteiger charge is 2.30. The number of esters is 1. The van der Waals surface area contributed by atoms with Crippen LogP contribution >= 0.6 is 0 Å². The van der Waals surface area contributed by atoms with Gasteiger partial charge in [-0.25, -0.2) is 8.42 Å². The highest BCUT2D eigenvalue weighted by atomic mass is 32.2. The molecule has 0 spiro atoms. The van der Waals surface area contributed by atoms with Crippen LogP contribution in [0.15, 0.2) is 29.2 Å². The van der Waals surface area contributed by atoms with Crippen molar-refractivity contribution in [1.29, 1.82) is 0 Å². The maximum absolute atomic E-state index is 12.9. The number of likely N-dealkylation sites (tertiary alicyclic amines) is 1. The van der Waals surface area contributed by atoms with Gasteiger partial charge in [0, 0.05) is 31.7 Å². The molecule has 1 fully saturated rings. The molecule has 7 nitrogen and oxygen atoms in total. The molecule has 1 amide bonds. The third-order valence-corrected chi connectivity index (χ3v) is 6.80. The Morgan fingerprint density at radius 1 is 1.22 bits per heavy atom. The minimum atomic E-state index is -3.63. The Kier molecular flexibility index (Phi) is 7.38. The van der Waals surface area contributed by atoms with Crippen LogP contribution in [0.3, 0.4) is 0 Å². The summed E-state index contributed by atoms with van der Waals surface area (Å²) in [4.78, 5) is 26.6. The largest absolute Gasteiger partial charge is 0.466 e. The molecular formula is C19H28N2O5S. The Hall–Kier alpha value is -1.93. The van der Waals surface area contributed by atoms with Crippen molar-refractivity contribution in [1.82, 2.24) is 9.21 Å². The molecule has 8 heteroatoms. The van der Waals surface area contributed by atoms with Gasteiger partial charge in [-0.05, 0) is 38.0 Å². The third kappa shape index (κ3) is 4.87. The highest BCUT2D eigenvalue weighted by Crippen LogP contribution is 2.22. The van der Waals surface area contributed by atoms with Crippen LogP contribution in [0.5, 0.6) is 0 Å². The van der Waals surface area contributed by atoms with E-state index in [2.05, 4.69) is 0 Å². The Balaban J connectivity index is 2.21. The van der Waals surface area contributed by atoms with E-state index in [0.717, 1.165) is 0 Å². The number of amides is 1. The van der Waals surface area contributed by atoms with Crippen molar-refractivity contribution in [3.05, 3.63) is 29.8 Å². The van der Waals surface area contributed by atoms with Gasteiger partial charge in [0.2, 0.25) is 10.0 Å². The van der Waals surface area contributed by atoms with Gasteiger partial charge in [0.05, 0.1) is 17.4 Å². The second kappa shape index (κ2) is 9.32. The average Bonchev–Trinajstić information content (AvgIpc) is 2.68. The summed E-state index contributed by atoms with van der Waals surface area (Å²) in [5.41, 5.74) is 0.313. The number of hydrogen-bond acceptors (Lipinski definition) is 5. The van der Waals surface area contributed by atoms with Crippen molar-refractivity contribution >= 4 is 21.9 Å². The number of nitrogens with zero attached hydrogens (tertiary/aromatic N) is 2. The van der Waals surface area contributed by atoms with Crippen molar-refractivity contribution in [2.24, 2.45) is 5.92 Å². The van der Waals surface area contributed by atoms with E-state index < -0.39 is 10.0 Å². The highest BCUT2D eigenvalue weighted by molar-refractivity contribution is 7.89. The van der Waals surface area contributed by atoms with Crippen molar-refractivity contribution < 1.29 is 22.7 Å². The SMILES string of the molecule is CCOC(=O)[C@H]1CCCN(C(=O)c2cccc(S(=O)(=O)N(CC)CC)c2)C1. The number of carbonyl (C=O) groups is 2. The third-order valence-electron chi connectivity index (χ3n) is 4.75. The Labute approximate surface area is 161 Å². The van der Waals surface area contributed by atoms with Crippen LogP contribution in [0, 0.1) is 5.92 Å². The molecule has 0 unspecified atom stereocenters. The van der Waals surface area contributed by atoms with E-state index in [0.29, 0.717) is 51.2 Å². The standard InChI is InChI=1S/C19H28N2O5S/c1-4-21(5-2)27(24,25)17-11-7-9-15(13-17)18(22)20-12-8-10-16(14-20)19(23)26-6-3/h7,9,11,13,16H,4-6,8,10,12,14H2,1-3H3/t16-/m0/s1. The van der Waals surface area contributed by atoms with E-state index >= 15 is 0 Å². The van der Waals surface area contributed by atoms with Gasteiger partial charge in [-0.2, -0.15) is 4.31 Å². The molecule has 1 aliphatic rings. The van der Waals surface area contributed by atoms with Crippen LogP contribution < -0.4 is 0 Å². The van der Waals surface area contributed by atoms with Crippen LogP contribution in [0.1, 0.15) is 44.0 Å². The smallest absolute Gasteiger partial charge is 0.310 e. The van der Waals surface area contributed by atoms with Crippen LogP contribution in [0.4, 0.5) is 0 Å². The predicted molar refractivity (Wildman–Crippen MR) is 102 cm³/mol. The number of benzene rings is 1. The van der Waals surface area contributed by atoms with Crippen LogP contribution in [-0.2, 0) is 19.6 Å². The topological polar surface area (TPSA) is 84.0 Å². The summed E-state index contributed by atoms with van der Waals surface area (Å²) in [6, 6.07) is 6.11. The van der Waals surface area contributed by atoms with Gasteiger partial charge in [0.15, 0.2) is 0 Å². The molecule has 1 saturated heterocycles. The monoisotopic (exact) mass is 396 g/mol. The summed E-state index contributed by atoms with van der Waals surface area (Å²) in [6.45, 7) is 7.19. The van der Waals surface area contributed by atoms with E-state index in [4.69, 9.17) is 4.74 Å². The zero-order valence-electron chi connectivity index (χ0n) is 16.2. The molecule has 0 saturated carbocycles. The Morgan fingerprint density at radius 2 is 1.93 bits per heavy atom. The lowest BCUT2D eigenvalue weighted by Gasteiger charge is -2.31. The number of carbonyl (C=O) groups excluding carboxylic acids is 2. The van der Waals surface area contributed by atoms with Gasteiger partial charge >= 0.3 is 5.97 Å². The van der Waals surface area contributed by atoms with Gasteiger partial charge in [-0.15, -0.1) is 0 Å². The first kappa shape index (κ1) is 21.4. The molecule has 1 aromatic rings. The van der Waals surface area contributed by atoms with E-state index in [1.807, 2.05) is 0 Å². The first-order chi connectivity index (χ1) is 12.8. The zero-order chi connectivity index (χ0) is 20.0. The molecule has 1 atom stereocenters. The maximum atomic E-state index is 12.9. The number of ether oxygens (including phenoxy) is 1. The molecule has 2 rings (SSSR count). The minimum absolute atomic E-state index is 0.107. The van der Waals surface area contributed by atoms with Crippen molar-refractivity contribution in [2.75, 3.05) is 32.8 Å². The van der Waals surface area contributed by atoms with Gasteiger partial charge in [-0.1, -0.05) is 19.9 Å². The number of rotatable bonds is 7. The summed E-state index contributed by atoms with van der Waals surface area (Å²) in [6.07, 6.45) is 1.41. The first-order valence-corrected chi connectivity index (χ1v) is 10.8. The number of piperidine rings is 1. The van der Waals surface area contributed by atoms with Crippen molar-refractivity contribution in [3.8, 4) is 0 Å². The van der Waals surface area contributed by atoms with E-state index in [1.165, 1.54) is 16.4 Å². The zero-order valence-corrected chi connectivity index (χ0v) is 17.0. The molecule has 0 aromatic heterocycles. The second-order valence-corrected chi connectivity index (χ2v) is 8.40. The normalized spacial score (nSPS) is 17.8. The number of sulfonamides is 1. The maximum Gasteiger partial charge on any atom is 0.310 e. The fourth-order valence-electron chi connectivity index (χ4n) is 3.30. The lowest BCUT2D eigenvalue weighted by molar-refractivity contribution is -0.149. The van der Waals surface area contributed by atoms with E-state index in [-0.39, 0.29) is 22.7 Å². The molecule has 27 heavy (non-hydrogen) atoms. The fraction of sp³-hybridized carbons (Fsp3) is 0.579. The van der Waals surface area contributed by atoms with Crippen LogP contribution in [0.25, 0.3) is 0 Å². The average molecular weight is 397 g/mol. The second-order valence-electron chi connectivity index (χ2n) is 6.46. The minimum Gasteiger partial charge on any atom is -0.466 e. The Bertz CT molecular complexity index is 774. The molecule has 1 aromatic carbocycles. The molecule has 0 aliphatic carbocycles. The molecule has 1 heterocycles. The summed E-state index contributed by atoms with van der Waals surface area (Å²) in [5.74, 6) is -0.876. The fourth-order valence-corrected chi connectivity index (χ4v) is 4.80. The molecule has 150 valence electrons. The van der Waals surface area contributed by atoms with E-state index in [1.54, 1.807) is 37.8 Å². The first-order valence-electron chi connectivity index (χ1n) is 9.41. The molecule has 0 N–H and O–H groups in total. The van der Waals surface area contributed by atoms with Crippen molar-refractivity contribution in [3.63, 3.8) is 0 Å². The molecule has 0 bridgehead atoms. The molecular weight excluding hydrogens is 368 g/mol. The predicted octanol–water partition coefficient (Wildman–Crippen LogP) is 2.13. The quantitative estimate of drug-likeness (QED) is 0.659. The van der Waals surface area contributed by atoms with Gasteiger partial charge in [-0.3, -0.25) is 9.59 Å². The Morgan fingerprint density at radius 3 is 2.56 bits per heavy atom. The van der Waals surface area contributed by atoms with Gasteiger partial charge in [0.25, 0.3) is 5.91 Å². The van der Waals surface area contributed by atoms with Crippen molar-refractivity contribution in [2.45, 2.75) is 38.5 Å². The summed E-state index contributed by atoms with van der Waals surface area (Å²) < 4.78 is 31.8. The molecule has 0 radical (unpaired) electrons. The lowest BCUT2D eigenvalue weighted by Crippen LogP contribution is -2.42. The van der Waals surface area contributed by atoms with E-state index in [9.17, 15) is 18.0 Å². The molecule has 1 aliphatic heterocycles. The summed E-state index contributed by atoms with van der Waals surface area (Å²) >= 11 is 0.